The number of ketones is 1. The Labute approximate surface area is 134 Å². The fourth-order valence-corrected chi connectivity index (χ4v) is 2.99. The second kappa shape index (κ2) is 16.0. The van der Waals surface area contributed by atoms with Crippen molar-refractivity contribution in [2.24, 2.45) is 5.92 Å². The second-order valence-corrected chi connectivity index (χ2v) is 6.72. The molecule has 0 heterocycles. The molecule has 0 aromatic carbocycles. The fourth-order valence-electron chi connectivity index (χ4n) is 2.99. The average Bonchev–Trinajstić information content (AvgIpc) is 2.50. The first-order valence-corrected chi connectivity index (χ1v) is 9.76. The van der Waals surface area contributed by atoms with Crippen molar-refractivity contribution < 1.29 is 4.79 Å². The van der Waals surface area contributed by atoms with Gasteiger partial charge in [-0.05, 0) is 18.8 Å². The number of rotatable bonds is 16. The van der Waals surface area contributed by atoms with E-state index in [1.807, 2.05) is 0 Å². The molecule has 1 atom stereocenters. The maximum atomic E-state index is 11.9. The first-order valence-electron chi connectivity index (χ1n) is 9.76. The van der Waals surface area contributed by atoms with E-state index in [2.05, 4.69) is 20.8 Å². The Bertz CT molecular complexity index is 222. The lowest BCUT2D eigenvalue weighted by atomic mass is 9.92. The molecule has 0 aliphatic heterocycles. The molecule has 0 bridgehead atoms. The number of carbonyl (C=O) groups excluding carboxylic acids is 1. The van der Waals surface area contributed by atoms with Gasteiger partial charge in [-0.25, -0.2) is 0 Å². The van der Waals surface area contributed by atoms with Crippen molar-refractivity contribution in [3.8, 4) is 0 Å². The Morgan fingerprint density at radius 1 is 0.667 bits per heavy atom. The number of carbonyl (C=O) groups is 1. The van der Waals surface area contributed by atoms with Gasteiger partial charge in [0.2, 0.25) is 0 Å². The Morgan fingerprint density at radius 2 is 1.24 bits per heavy atom. The highest BCUT2D eigenvalue weighted by Crippen LogP contribution is 2.19. The predicted octanol–water partition coefficient (Wildman–Crippen LogP) is 7.08. The van der Waals surface area contributed by atoms with E-state index >= 15 is 0 Å². The van der Waals surface area contributed by atoms with Gasteiger partial charge < -0.3 is 0 Å². The molecule has 0 aromatic rings. The number of hydrogen-bond donors (Lipinski definition) is 0. The molecule has 1 unspecified atom stereocenters. The SMILES string of the molecule is CCCCCCCCCCC(=O)CCC(CC)CCCC. The van der Waals surface area contributed by atoms with E-state index in [1.165, 1.54) is 70.6 Å². The minimum Gasteiger partial charge on any atom is -0.300 e. The molecule has 0 saturated carbocycles. The molecule has 1 heteroatoms. The van der Waals surface area contributed by atoms with Gasteiger partial charge in [-0.2, -0.15) is 0 Å². The third-order valence-corrected chi connectivity index (χ3v) is 4.68. The van der Waals surface area contributed by atoms with Crippen molar-refractivity contribution in [2.75, 3.05) is 0 Å². The number of Topliss-reactive ketones (excluding diaryl/α,β-unsaturated/α-hetero) is 1. The van der Waals surface area contributed by atoms with Crippen LogP contribution in [0, 0.1) is 5.92 Å². The summed E-state index contributed by atoms with van der Waals surface area (Å²) in [7, 11) is 0. The minimum atomic E-state index is 0.510. The molecular weight excluding hydrogens is 256 g/mol. The van der Waals surface area contributed by atoms with Gasteiger partial charge in [-0.3, -0.25) is 4.79 Å². The lowest BCUT2D eigenvalue weighted by Gasteiger charge is -2.13. The summed E-state index contributed by atoms with van der Waals surface area (Å²) < 4.78 is 0. The molecule has 126 valence electrons. The van der Waals surface area contributed by atoms with E-state index < -0.39 is 0 Å². The summed E-state index contributed by atoms with van der Waals surface area (Å²) in [4.78, 5) is 11.9. The molecule has 0 aliphatic rings. The normalized spacial score (nSPS) is 12.5. The van der Waals surface area contributed by atoms with Crippen LogP contribution in [0.1, 0.15) is 117 Å². The summed E-state index contributed by atoms with van der Waals surface area (Å²) in [6, 6.07) is 0. The highest BCUT2D eigenvalue weighted by atomic mass is 16.1. The molecule has 0 aromatic heterocycles. The highest BCUT2D eigenvalue weighted by molar-refractivity contribution is 5.78. The third-order valence-electron chi connectivity index (χ3n) is 4.68. The number of hydrogen-bond acceptors (Lipinski definition) is 1. The molecule has 0 amide bonds. The van der Waals surface area contributed by atoms with Crippen LogP contribution in [0.3, 0.4) is 0 Å². The van der Waals surface area contributed by atoms with Crippen LogP contribution in [0.4, 0.5) is 0 Å². The van der Waals surface area contributed by atoms with E-state index in [0.717, 1.165) is 31.6 Å². The Kier molecular flexibility index (Phi) is 15.8. The first-order chi connectivity index (χ1) is 10.2. The van der Waals surface area contributed by atoms with E-state index in [9.17, 15) is 4.79 Å². The molecule has 0 radical (unpaired) electrons. The van der Waals surface area contributed by atoms with Crippen molar-refractivity contribution >= 4 is 5.78 Å². The van der Waals surface area contributed by atoms with Crippen LogP contribution in [-0.4, -0.2) is 5.78 Å². The minimum absolute atomic E-state index is 0.510. The van der Waals surface area contributed by atoms with Gasteiger partial charge in [0.25, 0.3) is 0 Å². The van der Waals surface area contributed by atoms with Crippen molar-refractivity contribution in [2.45, 2.75) is 117 Å². The van der Waals surface area contributed by atoms with Crippen LogP contribution in [0.15, 0.2) is 0 Å². The van der Waals surface area contributed by atoms with Gasteiger partial charge in [-0.1, -0.05) is 91.4 Å². The maximum absolute atomic E-state index is 11.9. The van der Waals surface area contributed by atoms with Crippen molar-refractivity contribution in [1.29, 1.82) is 0 Å². The smallest absolute Gasteiger partial charge is 0.132 e. The topological polar surface area (TPSA) is 17.1 Å². The van der Waals surface area contributed by atoms with Gasteiger partial charge in [-0.15, -0.1) is 0 Å². The summed E-state index contributed by atoms with van der Waals surface area (Å²) >= 11 is 0. The summed E-state index contributed by atoms with van der Waals surface area (Å²) in [5.74, 6) is 1.29. The average molecular weight is 297 g/mol. The molecule has 21 heavy (non-hydrogen) atoms. The maximum Gasteiger partial charge on any atom is 0.132 e. The molecule has 0 saturated heterocycles. The monoisotopic (exact) mass is 296 g/mol. The van der Waals surface area contributed by atoms with E-state index in [-0.39, 0.29) is 0 Å². The molecule has 0 spiro atoms. The zero-order valence-corrected chi connectivity index (χ0v) is 15.1. The fraction of sp³-hybridized carbons (Fsp3) is 0.950. The van der Waals surface area contributed by atoms with Gasteiger partial charge in [0.05, 0.1) is 0 Å². The second-order valence-electron chi connectivity index (χ2n) is 6.72. The highest BCUT2D eigenvalue weighted by Gasteiger charge is 2.09. The zero-order chi connectivity index (χ0) is 15.8. The Morgan fingerprint density at radius 3 is 1.81 bits per heavy atom. The van der Waals surface area contributed by atoms with E-state index in [1.54, 1.807) is 0 Å². The largest absolute Gasteiger partial charge is 0.300 e. The predicted molar refractivity (Wildman–Crippen MR) is 94.8 cm³/mol. The lowest BCUT2D eigenvalue weighted by molar-refractivity contribution is -0.119. The zero-order valence-electron chi connectivity index (χ0n) is 15.1. The van der Waals surface area contributed by atoms with Gasteiger partial charge in [0.1, 0.15) is 5.78 Å². The molecular formula is C20H40O. The van der Waals surface area contributed by atoms with Crippen LogP contribution in [0.5, 0.6) is 0 Å². The quantitative estimate of drug-likeness (QED) is 0.278. The van der Waals surface area contributed by atoms with E-state index in [4.69, 9.17) is 0 Å². The summed E-state index contributed by atoms with van der Waals surface area (Å²) in [5, 5.41) is 0. The third kappa shape index (κ3) is 14.4. The standard InChI is InChI=1S/C20H40O/c1-4-7-9-10-11-12-13-14-16-20(21)18-17-19(6-3)15-8-5-2/h19H,4-18H2,1-3H3. The lowest BCUT2D eigenvalue weighted by Crippen LogP contribution is -2.04. The van der Waals surface area contributed by atoms with Crippen LogP contribution in [0.2, 0.25) is 0 Å². The van der Waals surface area contributed by atoms with Crippen LogP contribution >= 0.6 is 0 Å². The van der Waals surface area contributed by atoms with Gasteiger partial charge >= 0.3 is 0 Å². The molecule has 0 aliphatic carbocycles. The van der Waals surface area contributed by atoms with Crippen LogP contribution in [-0.2, 0) is 4.79 Å². The summed E-state index contributed by atoms with van der Waals surface area (Å²) in [6.07, 6.45) is 18.5. The molecule has 0 rings (SSSR count). The van der Waals surface area contributed by atoms with Crippen LogP contribution in [0.25, 0.3) is 0 Å². The van der Waals surface area contributed by atoms with E-state index in [0.29, 0.717) is 5.78 Å². The first kappa shape index (κ1) is 20.7. The Balaban J connectivity index is 3.40. The molecule has 0 fully saturated rings. The van der Waals surface area contributed by atoms with Gasteiger partial charge in [0, 0.05) is 12.8 Å². The molecule has 1 nitrogen and oxygen atoms in total. The van der Waals surface area contributed by atoms with Crippen LogP contribution < -0.4 is 0 Å². The van der Waals surface area contributed by atoms with Crippen molar-refractivity contribution in [3.63, 3.8) is 0 Å². The van der Waals surface area contributed by atoms with Crippen molar-refractivity contribution in [1.82, 2.24) is 0 Å². The summed E-state index contributed by atoms with van der Waals surface area (Å²) in [5.41, 5.74) is 0. The Hall–Kier alpha value is -0.330. The van der Waals surface area contributed by atoms with Crippen molar-refractivity contribution in [3.05, 3.63) is 0 Å². The summed E-state index contributed by atoms with van der Waals surface area (Å²) in [6.45, 7) is 6.78. The molecule has 0 N–H and O–H groups in total. The van der Waals surface area contributed by atoms with Gasteiger partial charge in [0.15, 0.2) is 0 Å². The number of unbranched alkanes of at least 4 members (excludes halogenated alkanes) is 8.